The van der Waals surface area contributed by atoms with Crippen LogP contribution < -0.4 is 0 Å². The van der Waals surface area contributed by atoms with E-state index in [-0.39, 0.29) is 0 Å². The van der Waals surface area contributed by atoms with Crippen LogP contribution in [-0.4, -0.2) is 24.5 Å². The van der Waals surface area contributed by atoms with Gasteiger partial charge in [0.2, 0.25) is 0 Å². The van der Waals surface area contributed by atoms with Crippen molar-refractivity contribution in [1.82, 2.24) is 24.5 Å². The summed E-state index contributed by atoms with van der Waals surface area (Å²) in [5, 5.41) is 6.62. The third-order valence-electron chi connectivity index (χ3n) is 10.3. The van der Waals surface area contributed by atoms with Gasteiger partial charge in [-0.3, -0.25) is 4.98 Å². The summed E-state index contributed by atoms with van der Waals surface area (Å²) in [7, 11) is 0. The second-order valence-electron chi connectivity index (χ2n) is 13.5. The van der Waals surface area contributed by atoms with Gasteiger partial charge in [-0.25, -0.2) is 15.0 Å². The van der Waals surface area contributed by atoms with E-state index in [1.165, 1.54) is 21.9 Å². The lowest BCUT2D eigenvalue weighted by molar-refractivity contribution is 0.668. The number of benzene rings is 7. The summed E-state index contributed by atoms with van der Waals surface area (Å²) in [5.74, 6) is 1.74. The Morgan fingerprint density at radius 1 is 0.407 bits per heavy atom. The number of para-hydroxylation sites is 3. The number of nitrogens with zero attached hydrogens (tertiary/aromatic N) is 5. The second kappa shape index (κ2) is 12.1. The molecule has 54 heavy (non-hydrogen) atoms. The monoisotopic (exact) mass is 691 g/mol. The molecule has 0 radical (unpaired) electrons. The predicted octanol–water partition coefficient (Wildman–Crippen LogP) is 12.1. The van der Waals surface area contributed by atoms with E-state index in [1.807, 2.05) is 30.5 Å². The molecule has 11 rings (SSSR count). The average molecular weight is 692 g/mol. The first kappa shape index (κ1) is 30.2. The van der Waals surface area contributed by atoms with Gasteiger partial charge >= 0.3 is 0 Å². The minimum atomic E-state index is 0.562. The van der Waals surface area contributed by atoms with Crippen LogP contribution in [0.25, 0.3) is 105 Å². The van der Waals surface area contributed by atoms with Crippen molar-refractivity contribution in [2.24, 2.45) is 0 Å². The molecule has 0 aliphatic carbocycles. The van der Waals surface area contributed by atoms with Crippen molar-refractivity contribution in [2.45, 2.75) is 0 Å². The summed E-state index contributed by atoms with van der Waals surface area (Å²) in [4.78, 5) is 19.9. The fourth-order valence-electron chi connectivity index (χ4n) is 7.75. The van der Waals surface area contributed by atoms with Gasteiger partial charge in [-0.05, 0) is 76.5 Å². The van der Waals surface area contributed by atoms with Crippen molar-refractivity contribution in [3.05, 3.63) is 176 Å². The summed E-state index contributed by atoms with van der Waals surface area (Å²) in [6.07, 6.45) is 3.59. The SMILES string of the molecule is c1ccc(-c2ccc3cc(-c4nc(-c5ccc6c(c5)oc5ccncc56)nc(-c5ccccc5-n5c6ccccc6c6ccccc65)n4)ccc3c2)cc1. The molecule has 4 aromatic heterocycles. The van der Waals surface area contributed by atoms with Gasteiger partial charge < -0.3 is 8.98 Å². The highest BCUT2D eigenvalue weighted by molar-refractivity contribution is 6.10. The quantitative estimate of drug-likeness (QED) is 0.180. The van der Waals surface area contributed by atoms with E-state index < -0.39 is 0 Å². The second-order valence-corrected chi connectivity index (χ2v) is 13.5. The molecular weight excluding hydrogens is 663 g/mol. The number of aromatic nitrogens is 5. The topological polar surface area (TPSA) is 69.6 Å². The number of furan rings is 1. The highest BCUT2D eigenvalue weighted by Crippen LogP contribution is 2.37. The number of rotatable bonds is 5. The molecule has 0 saturated carbocycles. The first-order chi connectivity index (χ1) is 26.7. The van der Waals surface area contributed by atoms with Crippen LogP contribution >= 0.6 is 0 Å². The Morgan fingerprint density at radius 3 is 1.80 bits per heavy atom. The number of fused-ring (bicyclic) bond motifs is 7. The third-order valence-corrected chi connectivity index (χ3v) is 10.3. The maximum atomic E-state index is 6.27. The molecule has 6 heteroatoms. The highest BCUT2D eigenvalue weighted by atomic mass is 16.3. The molecule has 0 amide bonds. The van der Waals surface area contributed by atoms with Gasteiger partial charge in [0.15, 0.2) is 17.5 Å². The molecule has 0 bridgehead atoms. The zero-order valence-corrected chi connectivity index (χ0v) is 28.9. The van der Waals surface area contributed by atoms with Crippen molar-refractivity contribution >= 4 is 54.5 Å². The summed E-state index contributed by atoms with van der Waals surface area (Å²) < 4.78 is 8.59. The van der Waals surface area contributed by atoms with Crippen LogP contribution in [0.3, 0.4) is 0 Å². The fraction of sp³-hybridized carbons (Fsp3) is 0. The van der Waals surface area contributed by atoms with Crippen LogP contribution in [0.15, 0.2) is 181 Å². The normalized spacial score (nSPS) is 11.7. The fourth-order valence-corrected chi connectivity index (χ4v) is 7.75. The van der Waals surface area contributed by atoms with E-state index in [4.69, 9.17) is 19.4 Å². The van der Waals surface area contributed by atoms with Crippen molar-refractivity contribution < 1.29 is 4.42 Å². The Hall–Kier alpha value is -7.44. The van der Waals surface area contributed by atoms with E-state index in [0.717, 1.165) is 66.1 Å². The molecule has 11 aromatic rings. The van der Waals surface area contributed by atoms with Crippen LogP contribution in [0.1, 0.15) is 0 Å². The van der Waals surface area contributed by atoms with E-state index in [9.17, 15) is 0 Å². The van der Waals surface area contributed by atoms with Crippen molar-refractivity contribution in [3.8, 4) is 51.0 Å². The van der Waals surface area contributed by atoms with Gasteiger partial charge in [0, 0.05) is 50.6 Å². The Labute approximate surface area is 309 Å². The Bertz CT molecular complexity index is 3180. The zero-order valence-electron chi connectivity index (χ0n) is 28.9. The lowest BCUT2D eigenvalue weighted by Gasteiger charge is -2.14. The minimum absolute atomic E-state index is 0.562. The lowest BCUT2D eigenvalue weighted by atomic mass is 10.00. The van der Waals surface area contributed by atoms with Gasteiger partial charge in [-0.15, -0.1) is 0 Å². The van der Waals surface area contributed by atoms with Gasteiger partial charge in [0.25, 0.3) is 0 Å². The van der Waals surface area contributed by atoms with Crippen molar-refractivity contribution in [3.63, 3.8) is 0 Å². The Kier molecular flexibility index (Phi) is 6.75. The van der Waals surface area contributed by atoms with Crippen LogP contribution in [0.5, 0.6) is 0 Å². The molecule has 252 valence electrons. The zero-order chi connectivity index (χ0) is 35.6. The largest absolute Gasteiger partial charge is 0.456 e. The predicted molar refractivity (Wildman–Crippen MR) is 218 cm³/mol. The number of hydrogen-bond donors (Lipinski definition) is 0. The molecule has 0 spiro atoms. The Morgan fingerprint density at radius 2 is 1.02 bits per heavy atom. The molecule has 4 heterocycles. The van der Waals surface area contributed by atoms with E-state index >= 15 is 0 Å². The smallest absolute Gasteiger partial charge is 0.166 e. The molecule has 0 N–H and O–H groups in total. The first-order valence-corrected chi connectivity index (χ1v) is 18.0. The molecular formula is C48H29N5O. The Balaban J connectivity index is 1.12. The first-order valence-electron chi connectivity index (χ1n) is 18.0. The standard InChI is InChI=1S/C48H29N5O/c1-2-10-30(11-3-1)31-18-19-33-27-34(21-20-32(33)26-31)46-50-47(35-22-23-38-40-29-49-25-24-44(40)54-45(38)28-35)52-48(51-46)39-14-6-9-17-43(39)53-41-15-7-4-12-36(41)37-13-5-8-16-42(37)53/h1-29H. The van der Waals surface area contributed by atoms with Gasteiger partial charge in [-0.1, -0.05) is 109 Å². The third kappa shape index (κ3) is 4.89. The van der Waals surface area contributed by atoms with Gasteiger partial charge in [0.05, 0.1) is 16.7 Å². The summed E-state index contributed by atoms with van der Waals surface area (Å²) in [5.41, 5.74) is 9.79. The van der Waals surface area contributed by atoms with E-state index in [0.29, 0.717) is 17.5 Å². The number of pyridine rings is 1. The summed E-state index contributed by atoms with van der Waals surface area (Å²) in [6.45, 7) is 0. The molecule has 0 aliphatic rings. The van der Waals surface area contributed by atoms with Gasteiger partial charge in [0.1, 0.15) is 11.2 Å². The average Bonchev–Trinajstić information content (AvgIpc) is 3.79. The molecule has 6 nitrogen and oxygen atoms in total. The molecule has 0 atom stereocenters. The molecule has 0 aliphatic heterocycles. The molecule has 0 fully saturated rings. The highest BCUT2D eigenvalue weighted by Gasteiger charge is 2.20. The van der Waals surface area contributed by atoms with Crippen molar-refractivity contribution in [2.75, 3.05) is 0 Å². The molecule has 7 aromatic carbocycles. The van der Waals surface area contributed by atoms with Crippen LogP contribution in [0.4, 0.5) is 0 Å². The van der Waals surface area contributed by atoms with E-state index in [1.54, 1.807) is 6.20 Å². The lowest BCUT2D eigenvalue weighted by Crippen LogP contribution is -2.03. The molecule has 0 unspecified atom stereocenters. The van der Waals surface area contributed by atoms with Gasteiger partial charge in [-0.2, -0.15) is 0 Å². The number of hydrogen-bond acceptors (Lipinski definition) is 5. The maximum absolute atomic E-state index is 6.27. The van der Waals surface area contributed by atoms with Crippen LogP contribution in [0.2, 0.25) is 0 Å². The van der Waals surface area contributed by atoms with Crippen molar-refractivity contribution in [1.29, 1.82) is 0 Å². The maximum Gasteiger partial charge on any atom is 0.166 e. The minimum Gasteiger partial charge on any atom is -0.456 e. The van der Waals surface area contributed by atoms with Crippen LogP contribution in [0, 0.1) is 0 Å². The van der Waals surface area contributed by atoms with Crippen LogP contribution in [-0.2, 0) is 0 Å². The van der Waals surface area contributed by atoms with E-state index in [2.05, 4.69) is 149 Å². The summed E-state index contributed by atoms with van der Waals surface area (Å²) >= 11 is 0. The molecule has 0 saturated heterocycles. The summed E-state index contributed by atoms with van der Waals surface area (Å²) in [6, 6.07) is 56.9.